The van der Waals surface area contributed by atoms with Gasteiger partial charge < -0.3 is 10.1 Å². The first kappa shape index (κ1) is 22.1. The molecule has 1 aromatic heterocycles. The molecule has 170 valence electrons. The second-order valence-electron chi connectivity index (χ2n) is 8.19. The van der Waals surface area contributed by atoms with Gasteiger partial charge in [-0.25, -0.2) is 9.37 Å². The van der Waals surface area contributed by atoms with E-state index in [0.29, 0.717) is 28.7 Å². The quantitative estimate of drug-likeness (QED) is 0.240. The Labute approximate surface area is 201 Å². The van der Waals surface area contributed by atoms with E-state index in [1.165, 1.54) is 23.9 Å². The Bertz CT molecular complexity index is 1370. The number of para-hydroxylation sites is 1. The van der Waals surface area contributed by atoms with Crippen molar-refractivity contribution in [3.8, 4) is 23.0 Å². The lowest BCUT2D eigenvalue weighted by Gasteiger charge is -2.23. The van der Waals surface area contributed by atoms with Crippen molar-refractivity contribution in [3.05, 3.63) is 94.8 Å². The Morgan fingerprint density at radius 2 is 1.79 bits per heavy atom. The van der Waals surface area contributed by atoms with Crippen LogP contribution >= 0.6 is 11.8 Å². The zero-order chi connectivity index (χ0) is 23.7. The summed E-state index contributed by atoms with van der Waals surface area (Å²) in [7, 11) is 0. The maximum atomic E-state index is 13.5. The van der Waals surface area contributed by atoms with Crippen LogP contribution in [0.4, 0.5) is 10.1 Å². The van der Waals surface area contributed by atoms with Crippen LogP contribution in [0.3, 0.4) is 0 Å². The van der Waals surface area contributed by atoms with Gasteiger partial charge in [0.1, 0.15) is 16.6 Å². The first-order valence-corrected chi connectivity index (χ1v) is 11.9. The summed E-state index contributed by atoms with van der Waals surface area (Å²) in [5.41, 5.74) is 5.48. The molecule has 5 nitrogen and oxygen atoms in total. The van der Waals surface area contributed by atoms with Gasteiger partial charge in [0, 0.05) is 17.7 Å². The zero-order valence-electron chi connectivity index (χ0n) is 18.8. The van der Waals surface area contributed by atoms with Crippen LogP contribution in [0.5, 0.6) is 11.6 Å². The third-order valence-electron chi connectivity index (χ3n) is 5.57. The second-order valence-corrected chi connectivity index (χ2v) is 9.15. The van der Waals surface area contributed by atoms with Gasteiger partial charge in [-0.2, -0.15) is 4.98 Å². The van der Waals surface area contributed by atoms with Crippen molar-refractivity contribution in [1.82, 2.24) is 9.97 Å². The highest BCUT2D eigenvalue weighted by molar-refractivity contribution is 8.00. The number of halogens is 1. The van der Waals surface area contributed by atoms with Gasteiger partial charge in [-0.1, -0.05) is 47.7 Å². The highest BCUT2D eigenvalue weighted by atomic mass is 32.2. The van der Waals surface area contributed by atoms with E-state index in [1.54, 1.807) is 12.1 Å². The van der Waals surface area contributed by atoms with Crippen LogP contribution in [0, 0.1) is 19.7 Å². The molecule has 7 heteroatoms. The highest BCUT2D eigenvalue weighted by Crippen LogP contribution is 2.41. The average molecular weight is 472 g/mol. The number of thioether (sulfide) groups is 1. The number of rotatable bonds is 5. The van der Waals surface area contributed by atoms with E-state index in [4.69, 9.17) is 9.72 Å². The third-order valence-corrected chi connectivity index (χ3v) is 6.59. The van der Waals surface area contributed by atoms with Crippen molar-refractivity contribution in [2.45, 2.75) is 25.3 Å². The zero-order valence-corrected chi connectivity index (χ0v) is 19.6. The molecule has 2 heterocycles. The molecule has 0 bridgehead atoms. The minimum absolute atomic E-state index is 0.127. The van der Waals surface area contributed by atoms with Crippen LogP contribution in [0.25, 0.3) is 11.4 Å². The second kappa shape index (κ2) is 9.27. The number of aromatic nitrogens is 2. The summed E-state index contributed by atoms with van der Waals surface area (Å²) in [6.07, 6.45) is 0.609. The summed E-state index contributed by atoms with van der Waals surface area (Å²) >= 11 is 1.34. The Morgan fingerprint density at radius 3 is 2.56 bits per heavy atom. The lowest BCUT2D eigenvalue weighted by Crippen LogP contribution is -2.15. The molecule has 0 saturated carbocycles. The van der Waals surface area contributed by atoms with Gasteiger partial charge in [0.15, 0.2) is 5.82 Å². The predicted octanol–water partition coefficient (Wildman–Crippen LogP) is 6.33. The largest absolute Gasteiger partial charge is 0.438 e. The minimum Gasteiger partial charge on any atom is -0.438 e. The molecule has 0 radical (unpaired) electrons. The molecule has 3 aromatic carbocycles. The number of anilines is 1. The van der Waals surface area contributed by atoms with Gasteiger partial charge in [0.25, 0.3) is 0 Å². The molecule has 1 aliphatic rings. The van der Waals surface area contributed by atoms with Crippen LogP contribution in [0.1, 0.15) is 22.3 Å². The summed E-state index contributed by atoms with van der Waals surface area (Å²) in [4.78, 5) is 22.0. The van der Waals surface area contributed by atoms with Gasteiger partial charge in [-0.05, 0) is 61.4 Å². The number of hydrogen-bond acceptors (Lipinski definition) is 5. The number of carbonyl (C=O) groups excluding carboxylic acids is 1. The number of ether oxygens (including phenoxy) is 1. The van der Waals surface area contributed by atoms with Crippen LogP contribution in [0.15, 0.2) is 71.8 Å². The molecule has 0 unspecified atom stereocenters. The predicted molar refractivity (Wildman–Crippen MR) is 132 cm³/mol. The fourth-order valence-corrected chi connectivity index (χ4v) is 4.61. The number of hydrogen-bond donors (Lipinski definition) is 1. The first-order chi connectivity index (χ1) is 16.5. The molecule has 0 saturated heterocycles. The fraction of sp³-hybridized carbons (Fsp3) is 0.148. The van der Waals surface area contributed by atoms with E-state index < -0.39 is 0 Å². The van der Waals surface area contributed by atoms with Crippen molar-refractivity contribution >= 4 is 23.4 Å². The van der Waals surface area contributed by atoms with E-state index in [2.05, 4.69) is 10.3 Å². The van der Waals surface area contributed by atoms with Gasteiger partial charge >= 0.3 is 0 Å². The lowest BCUT2D eigenvalue weighted by molar-refractivity contribution is -0.113. The fourth-order valence-electron chi connectivity index (χ4n) is 3.78. The normalized spacial score (nSPS) is 11.9. The number of nitrogens with zero attached hydrogens (tertiary/aromatic N) is 2. The Balaban J connectivity index is 1.45. The molecular weight excluding hydrogens is 449 g/mol. The summed E-state index contributed by atoms with van der Waals surface area (Å²) in [6.45, 7) is 4.00. The van der Waals surface area contributed by atoms with E-state index >= 15 is 0 Å². The number of aryl methyl sites for hydroxylation is 2. The minimum atomic E-state index is -0.329. The standard InChI is InChI=1S/C27H22FN3O2S/c1-16-6-12-21(13-7-16)29-23(32)15-34-27-22-14-19-5-3-4-17(2)24(19)33-26(22)30-25(31-27)18-8-10-20(28)11-9-18/h3-13H,14-15H2,1-2H3,(H,29,32). The topological polar surface area (TPSA) is 64.1 Å². The Hall–Kier alpha value is -3.71. The summed E-state index contributed by atoms with van der Waals surface area (Å²) in [5.74, 6) is 1.42. The van der Waals surface area contributed by atoms with E-state index in [9.17, 15) is 9.18 Å². The van der Waals surface area contributed by atoms with Crippen LogP contribution < -0.4 is 10.1 Å². The number of fused-ring (bicyclic) bond motifs is 2. The van der Waals surface area contributed by atoms with E-state index in [-0.39, 0.29) is 17.5 Å². The molecule has 0 fully saturated rings. The Morgan fingerprint density at radius 1 is 1.03 bits per heavy atom. The molecule has 1 amide bonds. The van der Waals surface area contributed by atoms with Crippen molar-refractivity contribution < 1.29 is 13.9 Å². The van der Waals surface area contributed by atoms with Crippen molar-refractivity contribution in [3.63, 3.8) is 0 Å². The summed E-state index contributed by atoms with van der Waals surface area (Å²) < 4.78 is 19.7. The summed E-state index contributed by atoms with van der Waals surface area (Å²) in [5, 5.41) is 3.60. The van der Waals surface area contributed by atoms with Crippen molar-refractivity contribution in [2.75, 3.05) is 11.1 Å². The molecule has 0 atom stereocenters. The molecule has 0 aliphatic carbocycles. The molecular formula is C27H22FN3O2S. The van der Waals surface area contributed by atoms with Gasteiger partial charge in [-0.15, -0.1) is 0 Å². The first-order valence-electron chi connectivity index (χ1n) is 10.9. The van der Waals surface area contributed by atoms with Crippen LogP contribution in [-0.2, 0) is 11.2 Å². The molecule has 1 aliphatic heterocycles. The monoisotopic (exact) mass is 471 g/mol. The van der Waals surface area contributed by atoms with E-state index in [0.717, 1.165) is 33.7 Å². The van der Waals surface area contributed by atoms with Gasteiger partial charge in [0.05, 0.1) is 11.3 Å². The highest BCUT2D eigenvalue weighted by Gasteiger charge is 2.25. The number of nitrogens with one attached hydrogen (secondary N) is 1. The third kappa shape index (κ3) is 4.65. The molecule has 34 heavy (non-hydrogen) atoms. The van der Waals surface area contributed by atoms with Crippen LogP contribution in [0.2, 0.25) is 0 Å². The molecule has 1 N–H and O–H groups in total. The average Bonchev–Trinajstić information content (AvgIpc) is 2.84. The van der Waals surface area contributed by atoms with Gasteiger partial charge in [0.2, 0.25) is 11.8 Å². The van der Waals surface area contributed by atoms with Crippen LogP contribution in [-0.4, -0.2) is 21.6 Å². The molecule has 5 rings (SSSR count). The van der Waals surface area contributed by atoms with Crippen molar-refractivity contribution in [1.29, 1.82) is 0 Å². The number of carbonyl (C=O) groups is 1. The molecule has 0 spiro atoms. The molecule has 4 aromatic rings. The SMILES string of the molecule is Cc1ccc(NC(=O)CSc2nc(-c3ccc(F)cc3)nc3c2Cc2cccc(C)c2O3)cc1. The number of amides is 1. The van der Waals surface area contributed by atoms with Gasteiger partial charge in [-0.3, -0.25) is 4.79 Å². The maximum absolute atomic E-state index is 13.5. The van der Waals surface area contributed by atoms with E-state index in [1.807, 2.05) is 56.3 Å². The van der Waals surface area contributed by atoms with Crippen molar-refractivity contribution in [2.24, 2.45) is 0 Å². The maximum Gasteiger partial charge on any atom is 0.234 e. The smallest absolute Gasteiger partial charge is 0.234 e. The number of benzene rings is 3. The lowest BCUT2D eigenvalue weighted by atomic mass is 10.0. The summed E-state index contributed by atoms with van der Waals surface area (Å²) in [6, 6.07) is 19.7. The Kier molecular flexibility index (Phi) is 6.02.